The Morgan fingerprint density at radius 1 is 1.32 bits per heavy atom. The topological polar surface area (TPSA) is 75.9 Å². The third-order valence-corrected chi connectivity index (χ3v) is 6.04. The maximum absolute atomic E-state index is 13.3. The molecular formula is C22H28N4O3S2. The minimum Gasteiger partial charge on any atom is -0.382 e. The van der Waals surface area contributed by atoms with Gasteiger partial charge in [0.05, 0.1) is 10.5 Å². The maximum Gasteiger partial charge on any atom is 0.267 e. The van der Waals surface area contributed by atoms with Gasteiger partial charge in [-0.3, -0.25) is 18.9 Å². The van der Waals surface area contributed by atoms with E-state index in [9.17, 15) is 9.59 Å². The normalized spacial score (nSPS) is 15.6. The number of thiocarbonyl (C=S) groups is 1. The number of ether oxygens (including phenoxy) is 1. The van der Waals surface area contributed by atoms with Gasteiger partial charge in [-0.2, -0.15) is 0 Å². The molecule has 0 radical (unpaired) electrons. The van der Waals surface area contributed by atoms with Crippen LogP contribution in [0.4, 0.5) is 5.82 Å². The van der Waals surface area contributed by atoms with Crippen LogP contribution in [0.2, 0.25) is 0 Å². The summed E-state index contributed by atoms with van der Waals surface area (Å²) in [5.74, 6) is 0.583. The number of carbonyl (C=O) groups excluding carboxylic acids is 1. The van der Waals surface area contributed by atoms with Gasteiger partial charge in [0.15, 0.2) is 0 Å². The number of nitrogens with one attached hydrogen (secondary N) is 1. The Kier molecular flexibility index (Phi) is 7.85. The second-order valence-electron chi connectivity index (χ2n) is 7.78. The molecule has 0 saturated carbocycles. The van der Waals surface area contributed by atoms with Gasteiger partial charge in [0.1, 0.15) is 15.8 Å². The molecule has 166 valence electrons. The highest BCUT2D eigenvalue weighted by atomic mass is 32.2. The van der Waals surface area contributed by atoms with E-state index in [1.165, 1.54) is 16.2 Å². The van der Waals surface area contributed by atoms with Crippen molar-refractivity contribution in [3.8, 4) is 0 Å². The van der Waals surface area contributed by atoms with E-state index in [1.807, 2.05) is 39.8 Å². The molecule has 2 aromatic heterocycles. The van der Waals surface area contributed by atoms with Gasteiger partial charge in [0.2, 0.25) is 0 Å². The average Bonchev–Trinajstić information content (AvgIpc) is 2.98. The fourth-order valence-corrected chi connectivity index (χ4v) is 4.46. The van der Waals surface area contributed by atoms with Crippen LogP contribution in [0.1, 0.15) is 38.3 Å². The predicted octanol–water partition coefficient (Wildman–Crippen LogP) is 3.70. The van der Waals surface area contributed by atoms with Crippen LogP contribution < -0.4 is 10.9 Å². The minimum atomic E-state index is -0.227. The van der Waals surface area contributed by atoms with E-state index in [-0.39, 0.29) is 11.5 Å². The summed E-state index contributed by atoms with van der Waals surface area (Å²) in [5, 5.41) is 3.25. The number of nitrogens with zero attached hydrogens (tertiary/aromatic N) is 3. The standard InChI is InChI=1S/C22H28N4O3S2/c1-5-29-10-6-9-23-19-16(20(27)25-13-15(4)7-8-18(25)24-19)11-17-21(28)26(12-14(2)3)22(30)31-17/h7-8,11,13-14,23H,5-6,9-10,12H2,1-4H3/b17-11+. The molecule has 0 aliphatic carbocycles. The van der Waals surface area contributed by atoms with Crippen molar-refractivity contribution in [2.24, 2.45) is 5.92 Å². The molecular weight excluding hydrogens is 432 g/mol. The summed E-state index contributed by atoms with van der Waals surface area (Å²) < 4.78 is 7.41. The molecule has 1 aliphatic rings. The molecule has 3 heterocycles. The number of amides is 1. The Hall–Kier alpha value is -2.23. The highest BCUT2D eigenvalue weighted by molar-refractivity contribution is 8.26. The number of fused-ring (bicyclic) bond motifs is 1. The molecule has 0 spiro atoms. The quantitative estimate of drug-likeness (QED) is 0.347. The number of hydrogen-bond acceptors (Lipinski definition) is 7. The molecule has 1 saturated heterocycles. The second kappa shape index (κ2) is 10.4. The number of aromatic nitrogens is 2. The predicted molar refractivity (Wildman–Crippen MR) is 131 cm³/mol. The first-order valence-corrected chi connectivity index (χ1v) is 11.6. The third kappa shape index (κ3) is 5.53. The summed E-state index contributed by atoms with van der Waals surface area (Å²) in [5.41, 5.74) is 1.62. The van der Waals surface area contributed by atoms with E-state index in [4.69, 9.17) is 17.0 Å². The van der Waals surface area contributed by atoms with Crippen LogP contribution in [0.5, 0.6) is 0 Å². The highest BCUT2D eigenvalue weighted by Crippen LogP contribution is 2.33. The van der Waals surface area contributed by atoms with Crippen molar-refractivity contribution in [2.75, 3.05) is 31.6 Å². The second-order valence-corrected chi connectivity index (χ2v) is 9.45. The van der Waals surface area contributed by atoms with E-state index < -0.39 is 0 Å². The van der Waals surface area contributed by atoms with Crippen LogP contribution in [0.15, 0.2) is 28.0 Å². The lowest BCUT2D eigenvalue weighted by Crippen LogP contribution is -2.31. The Morgan fingerprint density at radius 2 is 2.10 bits per heavy atom. The largest absolute Gasteiger partial charge is 0.382 e. The van der Waals surface area contributed by atoms with Crippen molar-refractivity contribution in [1.82, 2.24) is 14.3 Å². The van der Waals surface area contributed by atoms with Gasteiger partial charge in [0, 0.05) is 32.5 Å². The fraction of sp³-hybridized carbons (Fsp3) is 0.455. The maximum atomic E-state index is 13.3. The summed E-state index contributed by atoms with van der Waals surface area (Å²) >= 11 is 6.62. The molecule has 7 nitrogen and oxygen atoms in total. The zero-order chi connectivity index (χ0) is 22.5. The fourth-order valence-electron chi connectivity index (χ4n) is 3.20. The number of anilines is 1. The van der Waals surface area contributed by atoms with Crippen molar-refractivity contribution >= 4 is 51.7 Å². The van der Waals surface area contributed by atoms with Crippen molar-refractivity contribution in [1.29, 1.82) is 0 Å². The molecule has 0 atom stereocenters. The molecule has 0 unspecified atom stereocenters. The van der Waals surface area contributed by atoms with E-state index in [0.29, 0.717) is 58.5 Å². The van der Waals surface area contributed by atoms with Gasteiger partial charge in [0.25, 0.3) is 11.5 Å². The SMILES string of the molecule is CCOCCCNc1nc2ccc(C)cn2c(=O)c1/C=C1/SC(=S)N(CC(C)C)C1=O. The van der Waals surface area contributed by atoms with Gasteiger partial charge in [-0.1, -0.05) is 43.9 Å². The first-order chi connectivity index (χ1) is 14.8. The van der Waals surface area contributed by atoms with Crippen LogP contribution >= 0.6 is 24.0 Å². The summed E-state index contributed by atoms with van der Waals surface area (Å²) in [4.78, 5) is 32.9. The Bertz CT molecular complexity index is 1080. The van der Waals surface area contributed by atoms with Crippen LogP contribution in [0.25, 0.3) is 11.7 Å². The molecule has 2 aromatic rings. The smallest absolute Gasteiger partial charge is 0.267 e. The Labute approximate surface area is 191 Å². The van der Waals surface area contributed by atoms with E-state index in [1.54, 1.807) is 17.2 Å². The summed E-state index contributed by atoms with van der Waals surface area (Å²) in [6.07, 6.45) is 4.15. The number of carbonyl (C=O) groups is 1. The molecule has 0 bridgehead atoms. The molecule has 3 rings (SSSR count). The Morgan fingerprint density at radius 3 is 2.81 bits per heavy atom. The molecule has 9 heteroatoms. The third-order valence-electron chi connectivity index (χ3n) is 4.66. The van der Waals surface area contributed by atoms with Gasteiger partial charge in [-0.05, 0) is 43.9 Å². The van der Waals surface area contributed by atoms with E-state index >= 15 is 0 Å². The molecule has 1 N–H and O–H groups in total. The first-order valence-electron chi connectivity index (χ1n) is 10.4. The van der Waals surface area contributed by atoms with Crippen LogP contribution in [0.3, 0.4) is 0 Å². The number of thioether (sulfide) groups is 1. The summed E-state index contributed by atoms with van der Waals surface area (Å²) in [6, 6.07) is 3.73. The minimum absolute atomic E-state index is 0.167. The van der Waals surface area contributed by atoms with E-state index in [0.717, 1.165) is 12.0 Å². The molecule has 1 amide bonds. The van der Waals surface area contributed by atoms with Gasteiger partial charge in [-0.25, -0.2) is 4.98 Å². The Balaban J connectivity index is 2.00. The average molecular weight is 461 g/mol. The van der Waals surface area contributed by atoms with Crippen molar-refractivity contribution in [2.45, 2.75) is 34.1 Å². The van der Waals surface area contributed by atoms with Crippen LogP contribution in [0, 0.1) is 12.8 Å². The lowest BCUT2D eigenvalue weighted by molar-refractivity contribution is -0.122. The molecule has 1 fully saturated rings. The molecule has 0 aromatic carbocycles. The first kappa shape index (κ1) is 23.4. The van der Waals surface area contributed by atoms with Crippen LogP contribution in [-0.4, -0.2) is 50.8 Å². The van der Waals surface area contributed by atoms with Crippen molar-refractivity contribution in [3.05, 3.63) is 44.7 Å². The zero-order valence-corrected chi connectivity index (χ0v) is 19.9. The monoisotopic (exact) mass is 460 g/mol. The lowest BCUT2D eigenvalue weighted by Gasteiger charge is -2.16. The van der Waals surface area contributed by atoms with Crippen LogP contribution in [-0.2, 0) is 9.53 Å². The van der Waals surface area contributed by atoms with E-state index in [2.05, 4.69) is 10.3 Å². The molecule has 31 heavy (non-hydrogen) atoms. The number of aryl methyl sites for hydroxylation is 1. The van der Waals surface area contributed by atoms with Gasteiger partial charge < -0.3 is 10.1 Å². The van der Waals surface area contributed by atoms with Crippen molar-refractivity contribution < 1.29 is 9.53 Å². The van der Waals surface area contributed by atoms with Gasteiger partial charge >= 0.3 is 0 Å². The zero-order valence-electron chi connectivity index (χ0n) is 18.3. The van der Waals surface area contributed by atoms with Gasteiger partial charge in [-0.15, -0.1) is 0 Å². The summed E-state index contributed by atoms with van der Waals surface area (Å²) in [7, 11) is 0. The molecule has 1 aliphatic heterocycles. The lowest BCUT2D eigenvalue weighted by atomic mass is 10.2. The summed E-state index contributed by atoms with van der Waals surface area (Å²) in [6.45, 7) is 10.4. The number of pyridine rings is 1. The number of rotatable bonds is 9. The highest BCUT2D eigenvalue weighted by Gasteiger charge is 2.32. The van der Waals surface area contributed by atoms with Crippen molar-refractivity contribution in [3.63, 3.8) is 0 Å². The number of hydrogen-bond donors (Lipinski definition) is 1.